The van der Waals surface area contributed by atoms with E-state index in [1.165, 1.54) is 0 Å². The molecular formula is C6H5ClN2. The van der Waals surface area contributed by atoms with Crippen molar-refractivity contribution in [1.82, 2.24) is 9.55 Å². The highest BCUT2D eigenvalue weighted by Crippen LogP contribution is 2.04. The maximum absolute atomic E-state index is 5.52. The number of aromatic nitrogens is 2. The molecule has 0 aliphatic carbocycles. The molecule has 9 heavy (non-hydrogen) atoms. The quantitative estimate of drug-likeness (QED) is 0.493. The molecular weight excluding hydrogens is 136 g/mol. The van der Waals surface area contributed by atoms with Crippen LogP contribution in [0.15, 0.2) is 6.20 Å². The highest BCUT2D eigenvalue weighted by atomic mass is 35.5. The van der Waals surface area contributed by atoms with Crippen LogP contribution in [0.25, 0.3) is 0 Å². The average Bonchev–Trinajstić information content (AvgIpc) is 2.10. The Morgan fingerprint density at radius 1 is 1.89 bits per heavy atom. The second kappa shape index (κ2) is 2.12. The molecule has 0 saturated carbocycles. The zero-order valence-electron chi connectivity index (χ0n) is 4.93. The maximum atomic E-state index is 5.52. The van der Waals surface area contributed by atoms with Crippen LogP contribution in [0.1, 0.15) is 5.82 Å². The van der Waals surface area contributed by atoms with Gasteiger partial charge in [0.1, 0.15) is 5.15 Å². The average molecular weight is 141 g/mol. The van der Waals surface area contributed by atoms with Crippen LogP contribution in [0.2, 0.25) is 5.15 Å². The second-order valence-corrected chi connectivity index (χ2v) is 2.03. The van der Waals surface area contributed by atoms with E-state index < -0.39 is 0 Å². The summed E-state index contributed by atoms with van der Waals surface area (Å²) in [5, 5.41) is 0.436. The molecule has 0 aromatic carbocycles. The summed E-state index contributed by atoms with van der Waals surface area (Å²) in [6.45, 7) is 0. The number of rotatable bonds is 0. The first kappa shape index (κ1) is 6.18. The first-order valence-corrected chi connectivity index (χ1v) is 2.77. The van der Waals surface area contributed by atoms with Gasteiger partial charge >= 0.3 is 0 Å². The summed E-state index contributed by atoms with van der Waals surface area (Å²) in [6, 6.07) is 0. The third-order valence-corrected chi connectivity index (χ3v) is 1.16. The van der Waals surface area contributed by atoms with E-state index in [9.17, 15) is 0 Å². The van der Waals surface area contributed by atoms with Crippen LogP contribution in [0.5, 0.6) is 0 Å². The lowest BCUT2D eigenvalue weighted by Gasteiger charge is -1.86. The van der Waals surface area contributed by atoms with Gasteiger partial charge in [0.15, 0.2) is 5.82 Å². The molecule has 3 heteroatoms. The Balaban J connectivity index is 3.20. The predicted molar refractivity (Wildman–Crippen MR) is 36.2 cm³/mol. The largest absolute Gasteiger partial charge is 0.326 e. The molecule has 1 heterocycles. The molecule has 0 aliphatic rings. The molecule has 1 aromatic heterocycles. The zero-order chi connectivity index (χ0) is 6.85. The molecule has 0 N–H and O–H groups in total. The molecule has 0 unspecified atom stereocenters. The molecule has 46 valence electrons. The van der Waals surface area contributed by atoms with Gasteiger partial charge in [0.25, 0.3) is 0 Å². The minimum absolute atomic E-state index is 0.436. The molecule has 1 aromatic rings. The fourth-order valence-corrected chi connectivity index (χ4v) is 0.790. The summed E-state index contributed by atoms with van der Waals surface area (Å²) < 4.78 is 1.70. The van der Waals surface area contributed by atoms with Gasteiger partial charge in [0.2, 0.25) is 0 Å². The Bertz CT molecular complexity index is 257. The third-order valence-electron chi connectivity index (χ3n) is 0.976. The fourth-order valence-electron chi connectivity index (χ4n) is 0.564. The summed E-state index contributed by atoms with van der Waals surface area (Å²) >= 11 is 5.52. The van der Waals surface area contributed by atoms with Crippen LogP contribution < -0.4 is 0 Å². The lowest BCUT2D eigenvalue weighted by Crippen LogP contribution is -1.88. The summed E-state index contributed by atoms with van der Waals surface area (Å²) in [5.74, 6) is 2.94. The smallest absolute Gasteiger partial charge is 0.186 e. The molecule has 0 fully saturated rings. The Morgan fingerprint density at radius 3 is 2.78 bits per heavy atom. The number of hydrogen-bond donors (Lipinski definition) is 0. The number of terminal acetylenes is 1. The third kappa shape index (κ3) is 1.06. The van der Waals surface area contributed by atoms with E-state index >= 15 is 0 Å². The van der Waals surface area contributed by atoms with Crippen molar-refractivity contribution >= 4 is 11.6 Å². The monoisotopic (exact) mass is 140 g/mol. The number of hydrogen-bond acceptors (Lipinski definition) is 1. The Hall–Kier alpha value is -0.940. The molecule has 1 rings (SSSR count). The number of imidazole rings is 1. The van der Waals surface area contributed by atoms with Gasteiger partial charge in [-0.15, -0.1) is 6.42 Å². The van der Waals surface area contributed by atoms with E-state index in [1.54, 1.807) is 17.8 Å². The fraction of sp³-hybridized carbons (Fsp3) is 0.167. The molecule has 0 amide bonds. The summed E-state index contributed by atoms with van der Waals surface area (Å²) in [5.41, 5.74) is 0. The van der Waals surface area contributed by atoms with Crippen LogP contribution in [0.3, 0.4) is 0 Å². The standard InChI is InChI=1S/C6H5ClN2/c1-3-6-8-5(7)4-9(6)2/h1,4H,2H3. The number of aryl methyl sites for hydroxylation is 1. The van der Waals surface area contributed by atoms with E-state index in [4.69, 9.17) is 18.0 Å². The Morgan fingerprint density at radius 2 is 2.56 bits per heavy atom. The van der Waals surface area contributed by atoms with Crippen molar-refractivity contribution in [3.05, 3.63) is 17.2 Å². The van der Waals surface area contributed by atoms with E-state index in [2.05, 4.69) is 10.9 Å². The topological polar surface area (TPSA) is 17.8 Å². The first-order valence-electron chi connectivity index (χ1n) is 2.39. The highest BCUT2D eigenvalue weighted by molar-refractivity contribution is 6.29. The van der Waals surface area contributed by atoms with Gasteiger partial charge < -0.3 is 4.57 Å². The van der Waals surface area contributed by atoms with Crippen molar-refractivity contribution in [1.29, 1.82) is 0 Å². The van der Waals surface area contributed by atoms with E-state index in [-0.39, 0.29) is 0 Å². The van der Waals surface area contributed by atoms with Crippen LogP contribution in [-0.4, -0.2) is 9.55 Å². The number of nitrogens with zero attached hydrogens (tertiary/aromatic N) is 2. The normalized spacial score (nSPS) is 9.00. The molecule has 0 aliphatic heterocycles. The van der Waals surface area contributed by atoms with E-state index in [0.29, 0.717) is 11.0 Å². The highest BCUT2D eigenvalue weighted by Gasteiger charge is 1.96. The lowest BCUT2D eigenvalue weighted by molar-refractivity contribution is 0.894. The minimum atomic E-state index is 0.436. The zero-order valence-corrected chi connectivity index (χ0v) is 5.68. The van der Waals surface area contributed by atoms with E-state index in [0.717, 1.165) is 0 Å². The van der Waals surface area contributed by atoms with Crippen LogP contribution in [0, 0.1) is 12.3 Å². The van der Waals surface area contributed by atoms with Gasteiger partial charge in [-0.3, -0.25) is 0 Å². The van der Waals surface area contributed by atoms with Crippen molar-refractivity contribution < 1.29 is 0 Å². The molecule has 2 nitrogen and oxygen atoms in total. The summed E-state index contributed by atoms with van der Waals surface area (Å²) in [7, 11) is 1.80. The van der Waals surface area contributed by atoms with Crippen molar-refractivity contribution in [2.45, 2.75) is 0 Å². The van der Waals surface area contributed by atoms with E-state index in [1.807, 2.05) is 0 Å². The molecule has 0 bridgehead atoms. The van der Waals surface area contributed by atoms with Crippen LogP contribution in [0.4, 0.5) is 0 Å². The minimum Gasteiger partial charge on any atom is -0.326 e. The van der Waals surface area contributed by atoms with Gasteiger partial charge in [-0.05, 0) is 5.92 Å². The van der Waals surface area contributed by atoms with Crippen LogP contribution in [-0.2, 0) is 7.05 Å². The van der Waals surface area contributed by atoms with Crippen molar-refractivity contribution in [2.24, 2.45) is 7.05 Å². The van der Waals surface area contributed by atoms with Gasteiger partial charge in [-0.2, -0.15) is 0 Å². The van der Waals surface area contributed by atoms with Gasteiger partial charge in [0, 0.05) is 13.2 Å². The SMILES string of the molecule is C#Cc1nc(Cl)cn1C. The summed E-state index contributed by atoms with van der Waals surface area (Å²) in [4.78, 5) is 3.82. The van der Waals surface area contributed by atoms with Crippen molar-refractivity contribution in [3.8, 4) is 12.3 Å². The number of halogens is 1. The van der Waals surface area contributed by atoms with Gasteiger partial charge in [-0.25, -0.2) is 4.98 Å². The lowest BCUT2D eigenvalue weighted by atomic mass is 10.6. The van der Waals surface area contributed by atoms with Crippen LogP contribution >= 0.6 is 11.6 Å². The van der Waals surface area contributed by atoms with Gasteiger partial charge in [0.05, 0.1) is 0 Å². The second-order valence-electron chi connectivity index (χ2n) is 1.64. The summed E-state index contributed by atoms with van der Waals surface area (Å²) in [6.07, 6.45) is 6.74. The molecule has 0 atom stereocenters. The molecule has 0 spiro atoms. The molecule has 0 radical (unpaired) electrons. The van der Waals surface area contributed by atoms with Crippen molar-refractivity contribution in [3.63, 3.8) is 0 Å². The Kier molecular flexibility index (Phi) is 1.46. The van der Waals surface area contributed by atoms with Crippen molar-refractivity contribution in [2.75, 3.05) is 0 Å². The maximum Gasteiger partial charge on any atom is 0.186 e. The Labute approximate surface area is 58.5 Å². The predicted octanol–water partition coefficient (Wildman–Crippen LogP) is 1.05. The molecule has 0 saturated heterocycles. The van der Waals surface area contributed by atoms with Gasteiger partial charge in [-0.1, -0.05) is 11.6 Å². The first-order chi connectivity index (χ1) is 4.24.